The minimum absolute atomic E-state index is 0.0311. The van der Waals surface area contributed by atoms with E-state index in [4.69, 9.17) is 4.74 Å². The van der Waals surface area contributed by atoms with E-state index in [9.17, 15) is 24.5 Å². The van der Waals surface area contributed by atoms with Crippen LogP contribution in [0.4, 0.5) is 16.4 Å². The molecule has 2 aromatic rings. The van der Waals surface area contributed by atoms with Gasteiger partial charge in [0.1, 0.15) is 6.61 Å². The van der Waals surface area contributed by atoms with Gasteiger partial charge in [-0.1, -0.05) is 11.8 Å². The van der Waals surface area contributed by atoms with Crippen molar-refractivity contribution in [2.24, 2.45) is 0 Å². The first-order valence-electron chi connectivity index (χ1n) is 11.1. The lowest BCUT2D eigenvalue weighted by Gasteiger charge is -2.32. The van der Waals surface area contributed by atoms with Crippen LogP contribution in [0, 0.1) is 10.1 Å². The van der Waals surface area contributed by atoms with E-state index in [0.29, 0.717) is 44.1 Å². The van der Waals surface area contributed by atoms with Gasteiger partial charge in [-0.2, -0.15) is 0 Å². The maximum Gasteiger partial charge on any atom is 0.414 e. The number of hydrogen-bond acceptors (Lipinski definition) is 9. The Labute approximate surface area is 205 Å². The van der Waals surface area contributed by atoms with Gasteiger partial charge in [0.15, 0.2) is 5.12 Å². The summed E-state index contributed by atoms with van der Waals surface area (Å²) in [5, 5.41) is 13.5. The van der Waals surface area contributed by atoms with E-state index < -0.39 is 11.0 Å². The Hall–Kier alpha value is -3.45. The number of non-ortho nitro benzene ring substituents is 1. The van der Waals surface area contributed by atoms with E-state index in [0.717, 1.165) is 5.69 Å². The number of carbonyl (C=O) groups excluding carboxylic acids is 3. The molecule has 1 aromatic heterocycles. The average Bonchev–Trinajstić information content (AvgIpc) is 3.39. The molecule has 1 fully saturated rings. The van der Waals surface area contributed by atoms with Crippen molar-refractivity contribution in [3.63, 3.8) is 0 Å². The van der Waals surface area contributed by atoms with Gasteiger partial charge in [-0.3, -0.25) is 29.9 Å². The van der Waals surface area contributed by atoms with Crippen molar-refractivity contribution < 1.29 is 24.0 Å². The number of imidazole rings is 1. The number of benzene rings is 1. The Morgan fingerprint density at radius 2 is 2.00 bits per heavy atom. The molecule has 0 aliphatic carbocycles. The van der Waals surface area contributed by atoms with Crippen LogP contribution in [0.25, 0.3) is 0 Å². The van der Waals surface area contributed by atoms with E-state index in [1.165, 1.54) is 36.0 Å². The zero-order valence-corrected chi connectivity index (χ0v) is 20.2. The van der Waals surface area contributed by atoms with Crippen LogP contribution < -0.4 is 5.32 Å². The fourth-order valence-electron chi connectivity index (χ4n) is 4.33. The van der Waals surface area contributed by atoms with Crippen molar-refractivity contribution in [1.29, 1.82) is 0 Å². The predicted octanol–water partition coefficient (Wildman–Crippen LogP) is 2.23. The molecule has 0 unspecified atom stereocenters. The van der Waals surface area contributed by atoms with Crippen LogP contribution in [0.3, 0.4) is 0 Å². The molecule has 3 heterocycles. The average molecular weight is 503 g/mol. The predicted molar refractivity (Wildman–Crippen MR) is 128 cm³/mol. The molecule has 2 aliphatic heterocycles. The fourth-order valence-corrected chi connectivity index (χ4v) is 5.39. The number of anilines is 1. The van der Waals surface area contributed by atoms with Gasteiger partial charge in [-0.15, -0.1) is 0 Å². The monoisotopic (exact) mass is 502 g/mol. The second kappa shape index (κ2) is 10.4. The number of amides is 2. The number of ether oxygens (including phenoxy) is 1. The molecule has 2 aliphatic rings. The summed E-state index contributed by atoms with van der Waals surface area (Å²) in [6, 6.07) is 5.49. The normalized spacial score (nSPS) is 19.8. The molecular formula is C22H26N6O6S. The lowest BCUT2D eigenvalue weighted by atomic mass is 10.1. The standard InChI is InChI=1S/C22H26N6O6S/c1-14(29)35-18-9-19(25(2)12-18)20(30)26-7-8-27-17(11-26)10-23-21(27)24-22(31)34-13-15-3-5-16(6-4-15)28(32)33/h3-6,10,18-19H,7-9,11-13H2,1-2H3,(H,23,24,31)/t18-,19-/m0/s1. The molecule has 1 N–H and O–H groups in total. The zero-order chi connectivity index (χ0) is 25.1. The lowest BCUT2D eigenvalue weighted by molar-refractivity contribution is -0.384. The highest BCUT2D eigenvalue weighted by Crippen LogP contribution is 2.29. The Morgan fingerprint density at radius 3 is 2.69 bits per heavy atom. The zero-order valence-electron chi connectivity index (χ0n) is 19.4. The van der Waals surface area contributed by atoms with Crippen LogP contribution in [0.5, 0.6) is 0 Å². The van der Waals surface area contributed by atoms with Gasteiger partial charge in [0.05, 0.1) is 29.4 Å². The number of likely N-dealkylation sites (tertiary alicyclic amines) is 1. The van der Waals surface area contributed by atoms with Crippen molar-refractivity contribution in [3.8, 4) is 0 Å². The number of nitrogens with zero attached hydrogens (tertiary/aromatic N) is 5. The molecule has 13 heteroatoms. The number of nitro groups is 1. The summed E-state index contributed by atoms with van der Waals surface area (Å²) in [6.45, 7) is 3.52. The molecule has 0 bridgehead atoms. The van der Waals surface area contributed by atoms with E-state index in [2.05, 4.69) is 10.3 Å². The summed E-state index contributed by atoms with van der Waals surface area (Å²) in [5.74, 6) is 0.361. The van der Waals surface area contributed by atoms with E-state index in [1.54, 1.807) is 18.0 Å². The van der Waals surface area contributed by atoms with Gasteiger partial charge in [-0.05, 0) is 31.2 Å². The largest absolute Gasteiger partial charge is 0.444 e. The van der Waals surface area contributed by atoms with Crippen molar-refractivity contribution in [2.75, 3.05) is 25.5 Å². The highest BCUT2D eigenvalue weighted by atomic mass is 32.2. The summed E-state index contributed by atoms with van der Waals surface area (Å²) in [6.07, 6.45) is 1.57. The van der Waals surface area contributed by atoms with Gasteiger partial charge in [0.25, 0.3) is 5.69 Å². The molecule has 2 amide bonds. The van der Waals surface area contributed by atoms with E-state index in [-0.39, 0.29) is 34.6 Å². The van der Waals surface area contributed by atoms with Crippen molar-refractivity contribution in [2.45, 2.75) is 44.3 Å². The number of thioether (sulfide) groups is 1. The summed E-state index contributed by atoms with van der Waals surface area (Å²) >= 11 is 1.29. The molecule has 1 saturated heterocycles. The maximum absolute atomic E-state index is 13.1. The van der Waals surface area contributed by atoms with Crippen LogP contribution in [-0.2, 0) is 34.0 Å². The first-order valence-corrected chi connectivity index (χ1v) is 12.0. The third-order valence-electron chi connectivity index (χ3n) is 6.05. The van der Waals surface area contributed by atoms with Crippen LogP contribution >= 0.6 is 11.8 Å². The third kappa shape index (κ3) is 5.80. The highest BCUT2D eigenvalue weighted by Gasteiger charge is 2.38. The van der Waals surface area contributed by atoms with E-state index in [1.807, 2.05) is 16.5 Å². The van der Waals surface area contributed by atoms with Crippen LogP contribution in [-0.4, -0.2) is 72.8 Å². The molecule has 186 valence electrons. The molecule has 2 atom stereocenters. The number of rotatable bonds is 6. The number of fused-ring (bicyclic) bond motifs is 1. The first-order chi connectivity index (χ1) is 16.7. The van der Waals surface area contributed by atoms with Gasteiger partial charge < -0.3 is 14.2 Å². The second-order valence-corrected chi connectivity index (χ2v) is 10.0. The molecule has 0 spiro atoms. The number of nitro benzene ring substituents is 1. The van der Waals surface area contributed by atoms with E-state index >= 15 is 0 Å². The molecule has 4 rings (SSSR count). The Morgan fingerprint density at radius 1 is 1.26 bits per heavy atom. The van der Waals surface area contributed by atoms with Gasteiger partial charge in [-0.25, -0.2) is 9.78 Å². The smallest absolute Gasteiger partial charge is 0.414 e. The number of aromatic nitrogens is 2. The van der Waals surface area contributed by atoms with Crippen LogP contribution in [0.15, 0.2) is 30.5 Å². The lowest BCUT2D eigenvalue weighted by Crippen LogP contribution is -2.47. The summed E-state index contributed by atoms with van der Waals surface area (Å²) < 4.78 is 7.04. The quantitative estimate of drug-likeness (QED) is 0.465. The van der Waals surface area contributed by atoms with Crippen molar-refractivity contribution in [3.05, 3.63) is 51.8 Å². The number of carbonyl (C=O) groups is 3. The van der Waals surface area contributed by atoms with Crippen LogP contribution in [0.1, 0.15) is 24.6 Å². The highest BCUT2D eigenvalue weighted by molar-refractivity contribution is 8.14. The number of likely N-dealkylation sites (N-methyl/N-ethyl adjacent to an activating group) is 1. The van der Waals surface area contributed by atoms with Crippen LogP contribution in [0.2, 0.25) is 0 Å². The minimum Gasteiger partial charge on any atom is -0.444 e. The SMILES string of the molecule is CC(=O)S[C@H]1C[C@@H](C(=O)N2CCn3c(cnc3NC(=O)OCc3ccc([N+](=O)[O-])cc3)C2)N(C)C1. The summed E-state index contributed by atoms with van der Waals surface area (Å²) in [5.41, 5.74) is 1.38. The summed E-state index contributed by atoms with van der Waals surface area (Å²) in [4.78, 5) is 55.1. The summed E-state index contributed by atoms with van der Waals surface area (Å²) in [7, 11) is 1.90. The first kappa shape index (κ1) is 24.7. The molecule has 0 radical (unpaired) electrons. The molecule has 0 saturated carbocycles. The van der Waals surface area contributed by atoms with Gasteiger partial charge in [0.2, 0.25) is 11.9 Å². The van der Waals surface area contributed by atoms with Gasteiger partial charge >= 0.3 is 6.09 Å². The fraction of sp³-hybridized carbons (Fsp3) is 0.455. The Balaban J connectivity index is 1.31. The van der Waals surface area contributed by atoms with Crippen molar-refractivity contribution in [1.82, 2.24) is 19.4 Å². The maximum atomic E-state index is 13.1. The number of hydrogen-bond donors (Lipinski definition) is 1. The topological polar surface area (TPSA) is 140 Å². The van der Waals surface area contributed by atoms with Gasteiger partial charge in [0, 0.05) is 43.9 Å². The Kier molecular flexibility index (Phi) is 7.36. The number of nitrogens with one attached hydrogen (secondary N) is 1. The molecule has 1 aromatic carbocycles. The minimum atomic E-state index is -0.697. The third-order valence-corrected chi connectivity index (χ3v) is 7.06. The molecule has 35 heavy (non-hydrogen) atoms. The molecule has 12 nitrogen and oxygen atoms in total. The Bertz CT molecular complexity index is 1140. The molecular weight excluding hydrogens is 476 g/mol. The van der Waals surface area contributed by atoms with Crippen molar-refractivity contribution >= 4 is 40.5 Å². The second-order valence-electron chi connectivity index (χ2n) is 8.53.